The number of piperidine rings is 1. The van der Waals surface area contributed by atoms with Gasteiger partial charge in [0.05, 0.1) is 0 Å². The Bertz CT molecular complexity index is 1320. The van der Waals surface area contributed by atoms with E-state index >= 15 is 0 Å². The van der Waals surface area contributed by atoms with Crippen LogP contribution in [0, 0.1) is 11.7 Å². The maximum absolute atomic E-state index is 13.0. The van der Waals surface area contributed by atoms with Crippen molar-refractivity contribution in [1.29, 1.82) is 0 Å². The Morgan fingerprint density at radius 2 is 1.63 bits per heavy atom. The Kier molecular flexibility index (Phi) is 6.77. The summed E-state index contributed by atoms with van der Waals surface area (Å²) in [5.74, 6) is 0.568. The molecule has 1 saturated heterocycles. The first-order chi connectivity index (χ1) is 17.1. The number of ether oxygens (including phenoxy) is 1. The minimum atomic E-state index is -0.280. The topological polar surface area (TPSA) is 49.8 Å². The van der Waals surface area contributed by atoms with Crippen molar-refractivity contribution >= 4 is 16.7 Å². The first-order valence-electron chi connectivity index (χ1n) is 12.0. The van der Waals surface area contributed by atoms with Crippen molar-refractivity contribution in [2.24, 2.45) is 5.92 Å². The molecule has 1 unspecified atom stereocenters. The van der Waals surface area contributed by atoms with E-state index in [1.54, 1.807) is 12.1 Å². The van der Waals surface area contributed by atoms with E-state index in [0.717, 1.165) is 46.8 Å². The van der Waals surface area contributed by atoms with Crippen molar-refractivity contribution in [2.45, 2.75) is 19.4 Å². The lowest BCUT2D eigenvalue weighted by Gasteiger charge is -2.32. The van der Waals surface area contributed by atoms with Gasteiger partial charge in [0, 0.05) is 25.3 Å². The lowest BCUT2D eigenvalue weighted by Crippen LogP contribution is -2.40. The molecule has 4 nitrogen and oxygen atoms in total. The largest absolute Gasteiger partial charge is 0.489 e. The van der Waals surface area contributed by atoms with Crippen LogP contribution in [-0.2, 0) is 6.61 Å². The second kappa shape index (κ2) is 10.3. The van der Waals surface area contributed by atoms with E-state index in [1.807, 2.05) is 35.2 Å². The molecule has 0 aliphatic carbocycles. The fraction of sp³-hybridized carbons (Fsp3) is 0.233. The summed E-state index contributed by atoms with van der Waals surface area (Å²) in [6.07, 6.45) is 1.91. The van der Waals surface area contributed by atoms with Crippen LogP contribution in [0.15, 0.2) is 84.9 Å². The highest BCUT2D eigenvalue weighted by Gasteiger charge is 2.24. The van der Waals surface area contributed by atoms with Gasteiger partial charge in [0.2, 0.25) is 0 Å². The van der Waals surface area contributed by atoms with E-state index < -0.39 is 0 Å². The summed E-state index contributed by atoms with van der Waals surface area (Å²) in [6.45, 7) is 1.91. The quantitative estimate of drug-likeness (QED) is 0.373. The van der Waals surface area contributed by atoms with E-state index in [9.17, 15) is 14.3 Å². The molecular weight excluding hydrogens is 441 g/mol. The maximum Gasteiger partial charge on any atom is 0.253 e. The van der Waals surface area contributed by atoms with Gasteiger partial charge in [-0.2, -0.15) is 0 Å². The van der Waals surface area contributed by atoms with Crippen LogP contribution in [0.5, 0.6) is 5.75 Å². The Morgan fingerprint density at radius 3 is 2.40 bits per heavy atom. The van der Waals surface area contributed by atoms with Crippen LogP contribution in [0.25, 0.3) is 21.9 Å². The number of benzene rings is 4. The molecule has 0 aromatic heterocycles. The van der Waals surface area contributed by atoms with Crippen molar-refractivity contribution < 1.29 is 19.0 Å². The predicted molar refractivity (Wildman–Crippen MR) is 136 cm³/mol. The van der Waals surface area contributed by atoms with Gasteiger partial charge in [-0.3, -0.25) is 4.79 Å². The summed E-state index contributed by atoms with van der Waals surface area (Å²) in [7, 11) is 0. The summed E-state index contributed by atoms with van der Waals surface area (Å²) < 4.78 is 18.8. The summed E-state index contributed by atoms with van der Waals surface area (Å²) in [5.41, 5.74) is 3.92. The van der Waals surface area contributed by atoms with Crippen LogP contribution < -0.4 is 4.74 Å². The minimum Gasteiger partial charge on any atom is -0.489 e. The zero-order chi connectivity index (χ0) is 24.2. The second-order valence-corrected chi connectivity index (χ2v) is 9.16. The Morgan fingerprint density at radius 1 is 0.914 bits per heavy atom. The van der Waals surface area contributed by atoms with Gasteiger partial charge >= 0.3 is 0 Å². The molecule has 1 heterocycles. The number of likely N-dealkylation sites (tertiary alicyclic amines) is 1. The van der Waals surface area contributed by atoms with Crippen LogP contribution in [0.4, 0.5) is 4.39 Å². The number of carbonyl (C=O) groups excluding carboxylic acids is 1. The highest BCUT2D eigenvalue weighted by molar-refractivity contribution is 5.99. The van der Waals surface area contributed by atoms with Gasteiger partial charge in [0.15, 0.2) is 0 Å². The molecule has 5 heteroatoms. The van der Waals surface area contributed by atoms with Crippen molar-refractivity contribution in [2.75, 3.05) is 19.7 Å². The highest BCUT2D eigenvalue weighted by atomic mass is 19.1. The third-order valence-corrected chi connectivity index (χ3v) is 6.66. The molecule has 4 aromatic rings. The molecule has 1 fully saturated rings. The lowest BCUT2D eigenvalue weighted by atomic mass is 9.97. The molecule has 0 bridgehead atoms. The Balaban J connectivity index is 1.28. The summed E-state index contributed by atoms with van der Waals surface area (Å²) in [5, 5.41) is 11.6. The molecule has 0 radical (unpaired) electrons. The van der Waals surface area contributed by atoms with Gasteiger partial charge in [-0.15, -0.1) is 0 Å². The van der Waals surface area contributed by atoms with Crippen LogP contribution in [0.1, 0.15) is 28.8 Å². The number of hydrogen-bond donors (Lipinski definition) is 1. The molecule has 5 rings (SSSR count). The SMILES string of the molecule is O=C(c1ccc2cc(-c3ccc(COc4ccc(F)cc4)cc3)ccc2c1)N1CCCC(CO)C1. The van der Waals surface area contributed by atoms with Crippen LogP contribution in [0.3, 0.4) is 0 Å². The number of amides is 1. The second-order valence-electron chi connectivity index (χ2n) is 9.16. The van der Waals surface area contributed by atoms with Crippen molar-refractivity contribution in [3.05, 3.63) is 102 Å². The van der Waals surface area contributed by atoms with E-state index in [-0.39, 0.29) is 24.2 Å². The number of fused-ring (bicyclic) bond motifs is 1. The standard InChI is InChI=1S/C30H28FNO3/c31-28-11-13-29(14-12-28)35-20-21-3-5-23(6-4-21)24-7-8-26-17-27(10-9-25(26)16-24)30(34)32-15-1-2-22(18-32)19-33/h3-14,16-17,22,33H,1-2,15,18-20H2. The third-order valence-electron chi connectivity index (χ3n) is 6.66. The molecule has 178 valence electrons. The van der Waals surface area contributed by atoms with E-state index in [1.165, 1.54) is 12.1 Å². The molecule has 1 aliphatic heterocycles. The number of halogens is 1. The Hall–Kier alpha value is -3.70. The van der Waals surface area contributed by atoms with Crippen molar-refractivity contribution in [3.8, 4) is 16.9 Å². The summed E-state index contributed by atoms with van der Waals surface area (Å²) in [4.78, 5) is 14.9. The Labute approximate surface area is 204 Å². The van der Waals surface area contributed by atoms with E-state index in [0.29, 0.717) is 24.5 Å². The monoisotopic (exact) mass is 469 g/mol. The molecular formula is C30H28FNO3. The number of aliphatic hydroxyl groups excluding tert-OH is 1. The first-order valence-corrected chi connectivity index (χ1v) is 12.0. The highest BCUT2D eigenvalue weighted by Crippen LogP contribution is 2.27. The molecule has 1 atom stereocenters. The molecule has 1 amide bonds. The van der Waals surface area contributed by atoms with Crippen LogP contribution in [-0.4, -0.2) is 35.6 Å². The van der Waals surface area contributed by atoms with Crippen molar-refractivity contribution in [3.63, 3.8) is 0 Å². The smallest absolute Gasteiger partial charge is 0.253 e. The predicted octanol–water partition coefficient (Wildman–Crippen LogP) is 6.07. The normalized spacial score (nSPS) is 15.8. The molecule has 0 spiro atoms. The summed E-state index contributed by atoms with van der Waals surface area (Å²) in [6, 6.07) is 26.3. The van der Waals surface area contributed by atoms with Gasteiger partial charge in [-0.25, -0.2) is 4.39 Å². The van der Waals surface area contributed by atoms with Gasteiger partial charge < -0.3 is 14.7 Å². The third kappa shape index (κ3) is 5.36. The summed E-state index contributed by atoms with van der Waals surface area (Å²) >= 11 is 0. The van der Waals surface area contributed by atoms with E-state index in [4.69, 9.17) is 4.74 Å². The zero-order valence-corrected chi connectivity index (χ0v) is 19.5. The molecule has 35 heavy (non-hydrogen) atoms. The number of aliphatic hydroxyl groups is 1. The number of carbonyl (C=O) groups is 1. The zero-order valence-electron chi connectivity index (χ0n) is 19.5. The number of hydrogen-bond acceptors (Lipinski definition) is 3. The van der Waals surface area contributed by atoms with Crippen LogP contribution in [0.2, 0.25) is 0 Å². The van der Waals surface area contributed by atoms with E-state index in [2.05, 4.69) is 30.3 Å². The average Bonchev–Trinajstić information content (AvgIpc) is 2.92. The van der Waals surface area contributed by atoms with Gasteiger partial charge in [0.1, 0.15) is 18.2 Å². The molecule has 1 aliphatic rings. The molecule has 4 aromatic carbocycles. The molecule has 1 N–H and O–H groups in total. The fourth-order valence-corrected chi connectivity index (χ4v) is 4.63. The average molecular weight is 470 g/mol. The van der Waals surface area contributed by atoms with Crippen LogP contribution >= 0.6 is 0 Å². The van der Waals surface area contributed by atoms with Gasteiger partial charge in [-0.05, 0) is 88.7 Å². The first kappa shape index (κ1) is 23.1. The number of nitrogens with zero attached hydrogens (tertiary/aromatic N) is 1. The van der Waals surface area contributed by atoms with Crippen molar-refractivity contribution in [1.82, 2.24) is 4.90 Å². The number of rotatable bonds is 6. The fourth-order valence-electron chi connectivity index (χ4n) is 4.63. The molecule has 0 saturated carbocycles. The minimum absolute atomic E-state index is 0.0348. The van der Waals surface area contributed by atoms with Gasteiger partial charge in [-0.1, -0.05) is 42.5 Å². The lowest BCUT2D eigenvalue weighted by molar-refractivity contribution is 0.0621. The maximum atomic E-state index is 13.0. The van der Waals surface area contributed by atoms with Gasteiger partial charge in [0.25, 0.3) is 5.91 Å².